The van der Waals surface area contributed by atoms with Gasteiger partial charge in [0.25, 0.3) is 0 Å². The number of para-hydroxylation sites is 1. The first kappa shape index (κ1) is 20.3. The van der Waals surface area contributed by atoms with Crippen LogP contribution in [0.1, 0.15) is 56.6 Å². The molecule has 1 aromatic carbocycles. The zero-order chi connectivity index (χ0) is 16.6. The van der Waals surface area contributed by atoms with E-state index in [-0.39, 0.29) is 30.0 Å². The molecule has 1 aromatic rings. The van der Waals surface area contributed by atoms with E-state index in [0.29, 0.717) is 25.2 Å². The van der Waals surface area contributed by atoms with Crippen LogP contribution in [0.2, 0.25) is 0 Å². The van der Waals surface area contributed by atoms with Crippen molar-refractivity contribution < 1.29 is 9.47 Å². The van der Waals surface area contributed by atoms with E-state index in [0.717, 1.165) is 30.8 Å². The molecular formula is C19H30IN3O2. The Labute approximate surface area is 167 Å². The molecule has 5 nitrogen and oxygen atoms in total. The predicted octanol–water partition coefficient (Wildman–Crippen LogP) is 3.77. The van der Waals surface area contributed by atoms with Gasteiger partial charge in [0, 0.05) is 25.1 Å². The van der Waals surface area contributed by atoms with Crippen molar-refractivity contribution in [1.82, 2.24) is 5.32 Å². The van der Waals surface area contributed by atoms with Gasteiger partial charge in [-0.2, -0.15) is 0 Å². The zero-order valence-corrected chi connectivity index (χ0v) is 17.1. The fraction of sp³-hybridized carbons (Fsp3) is 0.632. The van der Waals surface area contributed by atoms with E-state index in [9.17, 15) is 0 Å². The van der Waals surface area contributed by atoms with Crippen LogP contribution in [0.4, 0.5) is 0 Å². The van der Waals surface area contributed by atoms with Gasteiger partial charge in [-0.3, -0.25) is 4.99 Å². The van der Waals surface area contributed by atoms with E-state index < -0.39 is 0 Å². The van der Waals surface area contributed by atoms with E-state index in [1.54, 1.807) is 0 Å². The predicted molar refractivity (Wildman–Crippen MR) is 112 cm³/mol. The first-order chi connectivity index (χ1) is 11.8. The summed E-state index contributed by atoms with van der Waals surface area (Å²) in [4.78, 5) is 4.44. The summed E-state index contributed by atoms with van der Waals surface area (Å²) >= 11 is 0. The molecule has 1 atom stereocenters. The number of ether oxygens (including phenoxy) is 2. The smallest absolute Gasteiger partial charge is 0.189 e. The monoisotopic (exact) mass is 459 g/mol. The average Bonchev–Trinajstić information content (AvgIpc) is 2.63. The Balaban J connectivity index is 0.00000225. The number of fused-ring (bicyclic) bond motifs is 1. The molecule has 140 valence electrons. The molecule has 1 fully saturated rings. The summed E-state index contributed by atoms with van der Waals surface area (Å²) in [5.74, 6) is 1.45. The Bertz CT molecular complexity index is 547. The second-order valence-corrected chi connectivity index (χ2v) is 6.62. The minimum atomic E-state index is 0. The van der Waals surface area contributed by atoms with Crippen molar-refractivity contribution in [3.8, 4) is 5.75 Å². The van der Waals surface area contributed by atoms with Gasteiger partial charge in [-0.1, -0.05) is 37.5 Å². The molecule has 3 rings (SSSR count). The molecule has 25 heavy (non-hydrogen) atoms. The lowest BCUT2D eigenvalue weighted by molar-refractivity contribution is 0.0281. The van der Waals surface area contributed by atoms with Crippen LogP contribution in [0.25, 0.3) is 0 Å². The molecule has 1 saturated carbocycles. The number of benzene rings is 1. The van der Waals surface area contributed by atoms with Crippen LogP contribution in [0, 0.1) is 0 Å². The molecule has 3 N–H and O–H groups in total. The van der Waals surface area contributed by atoms with E-state index in [1.807, 2.05) is 18.2 Å². The van der Waals surface area contributed by atoms with Crippen molar-refractivity contribution in [3.05, 3.63) is 29.8 Å². The molecule has 2 aliphatic rings. The van der Waals surface area contributed by atoms with Crippen molar-refractivity contribution in [2.45, 2.75) is 57.1 Å². The first-order valence-electron chi connectivity index (χ1n) is 9.23. The van der Waals surface area contributed by atoms with Gasteiger partial charge >= 0.3 is 0 Å². The highest BCUT2D eigenvalue weighted by molar-refractivity contribution is 14.0. The Morgan fingerprint density at radius 2 is 2.00 bits per heavy atom. The fourth-order valence-corrected chi connectivity index (χ4v) is 3.46. The van der Waals surface area contributed by atoms with Crippen molar-refractivity contribution in [3.63, 3.8) is 0 Å². The summed E-state index contributed by atoms with van der Waals surface area (Å²) in [5.41, 5.74) is 7.20. The first-order valence-corrected chi connectivity index (χ1v) is 9.23. The molecular weight excluding hydrogens is 429 g/mol. The third-order valence-electron chi connectivity index (χ3n) is 4.77. The van der Waals surface area contributed by atoms with Crippen LogP contribution in [-0.4, -0.2) is 31.8 Å². The van der Waals surface area contributed by atoms with E-state index >= 15 is 0 Å². The Kier molecular flexibility index (Phi) is 8.81. The van der Waals surface area contributed by atoms with Gasteiger partial charge in [0.1, 0.15) is 5.75 Å². The number of aliphatic imine (C=N–C) groups is 1. The van der Waals surface area contributed by atoms with Crippen molar-refractivity contribution in [2.75, 3.05) is 19.8 Å². The van der Waals surface area contributed by atoms with Crippen LogP contribution in [-0.2, 0) is 4.74 Å². The van der Waals surface area contributed by atoms with E-state index in [2.05, 4.69) is 16.4 Å². The Hall–Kier alpha value is -1.02. The molecule has 0 saturated heterocycles. The molecule has 0 radical (unpaired) electrons. The molecule has 6 heteroatoms. The lowest BCUT2D eigenvalue weighted by atomic mass is 9.98. The number of guanidine groups is 1. The summed E-state index contributed by atoms with van der Waals surface area (Å²) in [6.45, 7) is 2.19. The maximum Gasteiger partial charge on any atom is 0.189 e. The SMILES string of the molecule is I.NC(=NCCCOC1CCCCC1)NC1CCOc2ccccc21. The summed E-state index contributed by atoms with van der Waals surface area (Å²) in [5, 5.41) is 3.32. The summed E-state index contributed by atoms with van der Waals surface area (Å²) in [7, 11) is 0. The van der Waals surface area contributed by atoms with E-state index in [4.69, 9.17) is 15.2 Å². The molecule has 1 heterocycles. The van der Waals surface area contributed by atoms with Crippen LogP contribution in [0.15, 0.2) is 29.3 Å². The number of rotatable bonds is 6. The maximum absolute atomic E-state index is 6.04. The van der Waals surface area contributed by atoms with Crippen LogP contribution >= 0.6 is 24.0 Å². The normalized spacial score (nSPS) is 21.0. The van der Waals surface area contributed by atoms with Crippen LogP contribution in [0.5, 0.6) is 5.75 Å². The third-order valence-corrected chi connectivity index (χ3v) is 4.77. The van der Waals surface area contributed by atoms with Gasteiger partial charge in [0.05, 0.1) is 18.8 Å². The van der Waals surface area contributed by atoms with Crippen molar-refractivity contribution >= 4 is 29.9 Å². The number of halogens is 1. The third kappa shape index (κ3) is 6.33. The lowest BCUT2D eigenvalue weighted by Gasteiger charge is -2.27. The minimum Gasteiger partial charge on any atom is -0.493 e. The summed E-state index contributed by atoms with van der Waals surface area (Å²) in [6, 6.07) is 8.27. The molecule has 1 aliphatic heterocycles. The highest BCUT2D eigenvalue weighted by Gasteiger charge is 2.21. The zero-order valence-electron chi connectivity index (χ0n) is 14.8. The highest BCUT2D eigenvalue weighted by atomic mass is 127. The average molecular weight is 459 g/mol. The summed E-state index contributed by atoms with van der Waals surface area (Å²) < 4.78 is 11.6. The Morgan fingerprint density at radius 3 is 2.84 bits per heavy atom. The number of hydrogen-bond acceptors (Lipinski definition) is 3. The quantitative estimate of drug-likeness (QED) is 0.294. The number of nitrogens with one attached hydrogen (secondary N) is 1. The van der Waals surface area contributed by atoms with Gasteiger partial charge in [0.2, 0.25) is 0 Å². The van der Waals surface area contributed by atoms with Gasteiger partial charge in [0.15, 0.2) is 5.96 Å². The molecule has 1 unspecified atom stereocenters. The standard InChI is InChI=1S/C19H29N3O2.HI/c20-19(21-12-6-13-23-15-7-2-1-3-8-15)22-17-11-14-24-18-10-5-4-9-16(17)18;/h4-5,9-10,15,17H,1-3,6-8,11-14H2,(H3,20,21,22);1H. The summed E-state index contributed by atoms with van der Waals surface area (Å²) in [6.07, 6.45) is 8.71. The molecule has 0 amide bonds. The van der Waals surface area contributed by atoms with Gasteiger partial charge in [-0.25, -0.2) is 0 Å². The van der Waals surface area contributed by atoms with E-state index in [1.165, 1.54) is 32.1 Å². The van der Waals surface area contributed by atoms with Crippen molar-refractivity contribution in [2.24, 2.45) is 10.7 Å². The second-order valence-electron chi connectivity index (χ2n) is 6.62. The minimum absolute atomic E-state index is 0. The van der Waals surface area contributed by atoms with Gasteiger partial charge in [-0.15, -0.1) is 24.0 Å². The van der Waals surface area contributed by atoms with Gasteiger partial charge < -0.3 is 20.5 Å². The lowest BCUT2D eigenvalue weighted by Crippen LogP contribution is -2.37. The largest absolute Gasteiger partial charge is 0.493 e. The number of nitrogens with zero attached hydrogens (tertiary/aromatic N) is 1. The molecule has 0 spiro atoms. The topological polar surface area (TPSA) is 68.9 Å². The maximum atomic E-state index is 6.04. The van der Waals surface area contributed by atoms with Crippen molar-refractivity contribution in [1.29, 1.82) is 0 Å². The van der Waals surface area contributed by atoms with Crippen LogP contribution in [0.3, 0.4) is 0 Å². The highest BCUT2D eigenvalue weighted by Crippen LogP contribution is 2.31. The Morgan fingerprint density at radius 1 is 1.20 bits per heavy atom. The molecule has 1 aliphatic carbocycles. The fourth-order valence-electron chi connectivity index (χ4n) is 3.46. The molecule has 0 aromatic heterocycles. The number of hydrogen-bond donors (Lipinski definition) is 2. The molecule has 0 bridgehead atoms. The van der Waals surface area contributed by atoms with Crippen LogP contribution < -0.4 is 15.8 Å². The van der Waals surface area contributed by atoms with Gasteiger partial charge in [-0.05, 0) is 25.3 Å². The second kappa shape index (κ2) is 10.9. The number of nitrogens with two attached hydrogens (primary N) is 1.